The molecular weight excluding hydrogens is 224 g/mol. The van der Waals surface area contributed by atoms with Crippen LogP contribution in [-0.4, -0.2) is 36.5 Å². The fourth-order valence-corrected chi connectivity index (χ4v) is 2.08. The molecule has 1 aliphatic heterocycles. The lowest BCUT2D eigenvalue weighted by atomic mass is 10.1. The van der Waals surface area contributed by atoms with E-state index in [0.29, 0.717) is 18.4 Å². The van der Waals surface area contributed by atoms with Gasteiger partial charge in [-0.3, -0.25) is 4.79 Å². The standard InChI is InChI=1S/C12H24N2O.ClH/c1-3-5-9-14(4-2)12(15)10-11-7-6-8-13-11;/h11,13H,3-10H2,1-2H3;1H. The Bertz CT molecular complexity index is 193. The summed E-state index contributed by atoms with van der Waals surface area (Å²) in [7, 11) is 0. The molecule has 16 heavy (non-hydrogen) atoms. The van der Waals surface area contributed by atoms with Gasteiger partial charge in [0.05, 0.1) is 0 Å². The minimum absolute atomic E-state index is 0. The van der Waals surface area contributed by atoms with Crippen LogP contribution in [0.2, 0.25) is 0 Å². The van der Waals surface area contributed by atoms with Crippen LogP contribution in [0.4, 0.5) is 0 Å². The van der Waals surface area contributed by atoms with Gasteiger partial charge in [-0.05, 0) is 32.7 Å². The number of halogens is 1. The van der Waals surface area contributed by atoms with E-state index in [2.05, 4.69) is 19.2 Å². The van der Waals surface area contributed by atoms with E-state index >= 15 is 0 Å². The zero-order valence-corrected chi connectivity index (χ0v) is 11.3. The second-order valence-corrected chi connectivity index (χ2v) is 4.32. The third kappa shape index (κ3) is 5.17. The van der Waals surface area contributed by atoms with Crippen molar-refractivity contribution in [1.29, 1.82) is 0 Å². The molecule has 0 aromatic heterocycles. The molecule has 0 aromatic carbocycles. The first-order chi connectivity index (χ1) is 7.27. The monoisotopic (exact) mass is 248 g/mol. The number of hydrogen-bond donors (Lipinski definition) is 1. The Hall–Kier alpha value is -0.280. The maximum atomic E-state index is 11.9. The number of unbranched alkanes of at least 4 members (excludes halogenated alkanes) is 1. The van der Waals surface area contributed by atoms with Gasteiger partial charge in [0.15, 0.2) is 0 Å². The first-order valence-electron chi connectivity index (χ1n) is 6.29. The van der Waals surface area contributed by atoms with E-state index in [1.54, 1.807) is 0 Å². The smallest absolute Gasteiger partial charge is 0.224 e. The molecule has 0 aromatic rings. The molecule has 0 saturated carbocycles. The third-order valence-corrected chi connectivity index (χ3v) is 3.10. The van der Waals surface area contributed by atoms with Gasteiger partial charge in [0.25, 0.3) is 0 Å². The molecule has 0 bridgehead atoms. The van der Waals surface area contributed by atoms with E-state index < -0.39 is 0 Å². The van der Waals surface area contributed by atoms with Gasteiger partial charge >= 0.3 is 0 Å². The molecule has 0 radical (unpaired) electrons. The number of nitrogens with one attached hydrogen (secondary N) is 1. The van der Waals surface area contributed by atoms with E-state index in [-0.39, 0.29) is 12.4 Å². The normalized spacial score (nSPS) is 19.2. The average Bonchev–Trinajstić information content (AvgIpc) is 2.71. The number of carbonyl (C=O) groups is 1. The molecule has 1 unspecified atom stereocenters. The van der Waals surface area contributed by atoms with Crippen molar-refractivity contribution in [3.8, 4) is 0 Å². The van der Waals surface area contributed by atoms with Crippen LogP contribution >= 0.6 is 12.4 Å². The van der Waals surface area contributed by atoms with E-state index in [1.165, 1.54) is 6.42 Å². The first-order valence-corrected chi connectivity index (χ1v) is 6.29. The van der Waals surface area contributed by atoms with Gasteiger partial charge in [-0.2, -0.15) is 0 Å². The molecule has 4 heteroatoms. The number of amides is 1. The zero-order valence-electron chi connectivity index (χ0n) is 10.5. The van der Waals surface area contributed by atoms with Crippen molar-refractivity contribution in [2.75, 3.05) is 19.6 Å². The van der Waals surface area contributed by atoms with Crippen molar-refractivity contribution in [2.45, 2.75) is 52.0 Å². The molecule has 0 aliphatic carbocycles. The zero-order chi connectivity index (χ0) is 11.1. The molecule has 3 nitrogen and oxygen atoms in total. The molecule has 1 saturated heterocycles. The van der Waals surface area contributed by atoms with Gasteiger partial charge in [-0.25, -0.2) is 0 Å². The number of carbonyl (C=O) groups excluding carboxylic acids is 1. The molecule has 1 aliphatic rings. The molecule has 96 valence electrons. The Kier molecular flexibility index (Phi) is 8.67. The van der Waals surface area contributed by atoms with Crippen LogP contribution in [0.1, 0.15) is 46.0 Å². The Balaban J connectivity index is 0.00000225. The summed E-state index contributed by atoms with van der Waals surface area (Å²) in [6.07, 6.45) is 5.36. The second-order valence-electron chi connectivity index (χ2n) is 4.32. The fourth-order valence-electron chi connectivity index (χ4n) is 2.08. The summed E-state index contributed by atoms with van der Waals surface area (Å²) >= 11 is 0. The Morgan fingerprint density at radius 1 is 1.44 bits per heavy atom. The van der Waals surface area contributed by atoms with Crippen LogP contribution < -0.4 is 5.32 Å². The van der Waals surface area contributed by atoms with Crippen LogP contribution in [0.3, 0.4) is 0 Å². The fraction of sp³-hybridized carbons (Fsp3) is 0.917. The summed E-state index contributed by atoms with van der Waals surface area (Å²) in [5.74, 6) is 0.324. The van der Waals surface area contributed by atoms with E-state index in [1.807, 2.05) is 4.90 Å². The van der Waals surface area contributed by atoms with Crippen molar-refractivity contribution < 1.29 is 4.79 Å². The highest BCUT2D eigenvalue weighted by atomic mass is 35.5. The highest BCUT2D eigenvalue weighted by molar-refractivity contribution is 5.85. The molecule has 1 amide bonds. The summed E-state index contributed by atoms with van der Waals surface area (Å²) in [5.41, 5.74) is 0. The van der Waals surface area contributed by atoms with Crippen LogP contribution in [0.5, 0.6) is 0 Å². The molecule has 1 rings (SSSR count). The molecule has 1 atom stereocenters. The van der Waals surface area contributed by atoms with Crippen molar-refractivity contribution >= 4 is 18.3 Å². The summed E-state index contributed by atoms with van der Waals surface area (Å²) in [6.45, 7) is 7.09. The second kappa shape index (κ2) is 8.82. The lowest BCUT2D eigenvalue weighted by Gasteiger charge is -2.22. The summed E-state index contributed by atoms with van der Waals surface area (Å²) in [4.78, 5) is 13.9. The van der Waals surface area contributed by atoms with Gasteiger partial charge in [0.1, 0.15) is 0 Å². The number of nitrogens with zero attached hydrogens (tertiary/aromatic N) is 1. The minimum atomic E-state index is 0. The summed E-state index contributed by atoms with van der Waals surface area (Å²) in [6, 6.07) is 0.438. The van der Waals surface area contributed by atoms with Crippen LogP contribution in [0, 0.1) is 0 Å². The van der Waals surface area contributed by atoms with Gasteiger partial charge in [0.2, 0.25) is 5.91 Å². The van der Waals surface area contributed by atoms with Gasteiger partial charge in [0, 0.05) is 25.6 Å². The minimum Gasteiger partial charge on any atom is -0.343 e. The highest BCUT2D eigenvalue weighted by Gasteiger charge is 2.20. The van der Waals surface area contributed by atoms with Crippen molar-refractivity contribution in [3.05, 3.63) is 0 Å². The lowest BCUT2D eigenvalue weighted by molar-refractivity contribution is -0.131. The Labute approximate surface area is 105 Å². The van der Waals surface area contributed by atoms with Gasteiger partial charge in [-0.15, -0.1) is 12.4 Å². The topological polar surface area (TPSA) is 32.3 Å². The average molecular weight is 249 g/mol. The van der Waals surface area contributed by atoms with Crippen molar-refractivity contribution in [3.63, 3.8) is 0 Å². The Morgan fingerprint density at radius 2 is 2.19 bits per heavy atom. The predicted molar refractivity (Wildman–Crippen MR) is 70.1 cm³/mol. The van der Waals surface area contributed by atoms with E-state index in [4.69, 9.17) is 0 Å². The number of rotatable bonds is 6. The Morgan fingerprint density at radius 3 is 2.69 bits per heavy atom. The highest BCUT2D eigenvalue weighted by Crippen LogP contribution is 2.10. The molecule has 1 fully saturated rings. The van der Waals surface area contributed by atoms with Crippen LogP contribution in [0.15, 0.2) is 0 Å². The summed E-state index contributed by atoms with van der Waals surface area (Å²) < 4.78 is 0. The van der Waals surface area contributed by atoms with Crippen molar-refractivity contribution in [2.24, 2.45) is 0 Å². The van der Waals surface area contributed by atoms with E-state index in [9.17, 15) is 4.79 Å². The summed E-state index contributed by atoms with van der Waals surface area (Å²) in [5, 5.41) is 3.38. The maximum absolute atomic E-state index is 11.9. The molecule has 0 spiro atoms. The van der Waals surface area contributed by atoms with Crippen molar-refractivity contribution in [1.82, 2.24) is 10.2 Å². The molecule has 1 N–H and O–H groups in total. The van der Waals surface area contributed by atoms with Crippen LogP contribution in [-0.2, 0) is 4.79 Å². The quantitative estimate of drug-likeness (QED) is 0.782. The van der Waals surface area contributed by atoms with Crippen LogP contribution in [0.25, 0.3) is 0 Å². The third-order valence-electron chi connectivity index (χ3n) is 3.10. The number of hydrogen-bond acceptors (Lipinski definition) is 2. The largest absolute Gasteiger partial charge is 0.343 e. The first kappa shape index (κ1) is 15.7. The lowest BCUT2D eigenvalue weighted by Crippen LogP contribution is -2.36. The maximum Gasteiger partial charge on any atom is 0.224 e. The predicted octanol–water partition coefficient (Wildman–Crippen LogP) is 2.20. The van der Waals surface area contributed by atoms with Gasteiger partial charge < -0.3 is 10.2 Å². The molecule has 1 heterocycles. The SMILES string of the molecule is CCCCN(CC)C(=O)CC1CCCN1.Cl. The molecular formula is C12H25ClN2O. The van der Waals surface area contributed by atoms with Gasteiger partial charge in [-0.1, -0.05) is 13.3 Å². The van der Waals surface area contributed by atoms with E-state index in [0.717, 1.165) is 38.9 Å².